The molecule has 0 spiro atoms. The van der Waals surface area contributed by atoms with E-state index in [2.05, 4.69) is 45.9 Å². The summed E-state index contributed by atoms with van der Waals surface area (Å²) in [4.78, 5) is 14.0. The summed E-state index contributed by atoms with van der Waals surface area (Å²) in [5.41, 5.74) is 12.5. The first-order valence-electron chi connectivity index (χ1n) is 12.2. The Kier molecular flexibility index (Phi) is 5.15. The molecule has 180 valence electrons. The van der Waals surface area contributed by atoms with Crippen molar-refractivity contribution >= 4 is 22.7 Å². The normalized spacial score (nSPS) is 21.0. The molecule has 8 heteroatoms. The molecule has 6 rings (SSSR count). The molecule has 2 atom stereocenters. The topological polar surface area (TPSA) is 105 Å². The summed E-state index contributed by atoms with van der Waals surface area (Å²) in [6, 6.07) is 13.4. The number of nitrogens with zero attached hydrogens (tertiary/aromatic N) is 6. The third kappa shape index (κ3) is 3.55. The predicted molar refractivity (Wildman–Crippen MR) is 138 cm³/mol. The number of primary amides is 1. The number of pyridine rings is 1. The molecule has 0 aliphatic carbocycles. The minimum absolute atomic E-state index is 0.329. The summed E-state index contributed by atoms with van der Waals surface area (Å²) in [6.07, 6.45) is 11.8. The molecule has 0 radical (unpaired) electrons. The van der Waals surface area contributed by atoms with Crippen LogP contribution in [0.1, 0.15) is 48.3 Å². The van der Waals surface area contributed by atoms with Gasteiger partial charge in [0.1, 0.15) is 6.07 Å². The molecule has 36 heavy (non-hydrogen) atoms. The third-order valence-corrected chi connectivity index (χ3v) is 7.78. The van der Waals surface area contributed by atoms with Crippen LogP contribution in [0.25, 0.3) is 22.2 Å². The maximum atomic E-state index is 11.5. The van der Waals surface area contributed by atoms with Crippen LogP contribution >= 0.6 is 0 Å². The number of benzene rings is 1. The zero-order chi connectivity index (χ0) is 25.0. The van der Waals surface area contributed by atoms with Gasteiger partial charge in [0.25, 0.3) is 0 Å². The lowest BCUT2D eigenvalue weighted by atomic mass is 9.83. The second kappa shape index (κ2) is 8.38. The molecule has 2 N–H and O–H groups in total. The maximum absolute atomic E-state index is 11.5. The highest BCUT2D eigenvalue weighted by Crippen LogP contribution is 2.47. The molecule has 2 bridgehead atoms. The molecule has 1 amide bonds. The number of nitrogens with two attached hydrogens (primary N) is 1. The van der Waals surface area contributed by atoms with Crippen LogP contribution < -0.4 is 10.6 Å². The Morgan fingerprint density at radius 3 is 2.42 bits per heavy atom. The summed E-state index contributed by atoms with van der Waals surface area (Å²) in [5.74, 6) is -0.171. The molecule has 5 heterocycles. The molecule has 1 aromatic carbocycles. The Balaban J connectivity index is 1.34. The summed E-state index contributed by atoms with van der Waals surface area (Å²) in [5, 5.41) is 18.6. The van der Waals surface area contributed by atoms with Crippen molar-refractivity contribution in [3.63, 3.8) is 0 Å². The minimum atomic E-state index is -0.500. The third-order valence-electron chi connectivity index (χ3n) is 7.78. The highest BCUT2D eigenvalue weighted by atomic mass is 16.1. The van der Waals surface area contributed by atoms with Gasteiger partial charge in [-0.1, -0.05) is 18.7 Å². The van der Waals surface area contributed by atoms with Gasteiger partial charge in [-0.2, -0.15) is 15.5 Å². The number of fused-ring (bicyclic) bond motifs is 3. The van der Waals surface area contributed by atoms with E-state index in [0.29, 0.717) is 29.1 Å². The fourth-order valence-corrected chi connectivity index (χ4v) is 6.10. The lowest BCUT2D eigenvalue weighted by Gasteiger charge is -2.41. The van der Waals surface area contributed by atoms with Crippen LogP contribution in [0, 0.1) is 11.3 Å². The van der Waals surface area contributed by atoms with E-state index in [1.807, 2.05) is 42.3 Å². The van der Waals surface area contributed by atoms with Gasteiger partial charge in [0, 0.05) is 53.9 Å². The summed E-state index contributed by atoms with van der Waals surface area (Å²) < 4.78 is 3.65. The van der Waals surface area contributed by atoms with Gasteiger partial charge in [0.2, 0.25) is 5.91 Å². The number of aromatic nitrogens is 4. The van der Waals surface area contributed by atoms with Crippen LogP contribution in [0.15, 0.2) is 61.7 Å². The first-order chi connectivity index (χ1) is 17.4. The van der Waals surface area contributed by atoms with Gasteiger partial charge < -0.3 is 10.6 Å². The second-order valence-electron chi connectivity index (χ2n) is 9.90. The van der Waals surface area contributed by atoms with Crippen molar-refractivity contribution in [3.8, 4) is 17.2 Å². The molecular weight excluding hydrogens is 450 g/mol. The Bertz CT molecular complexity index is 1520. The lowest BCUT2D eigenvalue weighted by Crippen LogP contribution is -2.42. The van der Waals surface area contributed by atoms with Crippen LogP contribution in [-0.2, 0) is 11.8 Å². The van der Waals surface area contributed by atoms with E-state index in [1.54, 1.807) is 10.9 Å². The summed E-state index contributed by atoms with van der Waals surface area (Å²) in [6.45, 7) is 3.79. The molecule has 8 nitrogen and oxygen atoms in total. The van der Waals surface area contributed by atoms with Crippen molar-refractivity contribution in [2.24, 2.45) is 12.8 Å². The number of hydrogen-bond donors (Lipinski definition) is 1. The van der Waals surface area contributed by atoms with Gasteiger partial charge >= 0.3 is 0 Å². The summed E-state index contributed by atoms with van der Waals surface area (Å²) in [7, 11) is 1.91. The van der Waals surface area contributed by atoms with Crippen LogP contribution in [0.5, 0.6) is 0 Å². The molecular formula is C28H27N7O. The van der Waals surface area contributed by atoms with Gasteiger partial charge in [-0.3, -0.25) is 9.48 Å². The zero-order valence-corrected chi connectivity index (χ0v) is 20.1. The van der Waals surface area contributed by atoms with Gasteiger partial charge in [-0.25, -0.2) is 4.52 Å². The number of carbonyl (C=O) groups is 1. The lowest BCUT2D eigenvalue weighted by molar-refractivity contribution is -0.112. The van der Waals surface area contributed by atoms with E-state index in [1.165, 1.54) is 11.3 Å². The molecule has 0 saturated carbocycles. The smallest absolute Gasteiger partial charge is 0.248 e. The number of nitriles is 1. The highest BCUT2D eigenvalue weighted by molar-refractivity contribution is 6.17. The van der Waals surface area contributed by atoms with Crippen LogP contribution in [0.3, 0.4) is 0 Å². The van der Waals surface area contributed by atoms with Crippen LogP contribution in [0.2, 0.25) is 0 Å². The number of anilines is 1. The molecule has 2 aliphatic rings. The molecule has 4 aromatic rings. The van der Waals surface area contributed by atoms with Crippen molar-refractivity contribution in [3.05, 3.63) is 78.4 Å². The molecule has 2 saturated heterocycles. The Morgan fingerprint density at radius 2 is 1.81 bits per heavy atom. The fourth-order valence-electron chi connectivity index (χ4n) is 6.10. The Hall–Kier alpha value is -4.38. The van der Waals surface area contributed by atoms with Crippen LogP contribution in [-0.4, -0.2) is 37.4 Å². The van der Waals surface area contributed by atoms with E-state index in [0.717, 1.165) is 47.9 Å². The molecule has 2 fully saturated rings. The minimum Gasteiger partial charge on any atom is -0.366 e. The van der Waals surface area contributed by atoms with Crippen molar-refractivity contribution in [1.82, 2.24) is 19.4 Å². The van der Waals surface area contributed by atoms with Gasteiger partial charge in [0.15, 0.2) is 0 Å². The number of piperidine rings is 1. The Labute approximate surface area is 209 Å². The number of rotatable bonds is 5. The molecule has 2 unspecified atom stereocenters. The Morgan fingerprint density at radius 1 is 1.08 bits per heavy atom. The second-order valence-corrected chi connectivity index (χ2v) is 9.90. The van der Waals surface area contributed by atoms with E-state index < -0.39 is 5.91 Å². The van der Waals surface area contributed by atoms with Crippen molar-refractivity contribution < 1.29 is 4.79 Å². The first-order valence-corrected chi connectivity index (χ1v) is 12.2. The highest BCUT2D eigenvalue weighted by Gasteiger charge is 2.42. The van der Waals surface area contributed by atoms with Crippen molar-refractivity contribution in [2.75, 3.05) is 4.90 Å². The average Bonchev–Trinajstić information content (AvgIpc) is 3.58. The van der Waals surface area contributed by atoms with E-state index in [-0.39, 0.29) is 0 Å². The predicted octanol–water partition coefficient (Wildman–Crippen LogP) is 4.02. The first kappa shape index (κ1) is 22.1. The van der Waals surface area contributed by atoms with Gasteiger partial charge in [0.05, 0.1) is 23.5 Å². The van der Waals surface area contributed by atoms with Gasteiger partial charge in [-0.05, 0) is 60.9 Å². The van der Waals surface area contributed by atoms with Crippen LogP contribution in [0.4, 0.5) is 5.69 Å². The number of carbonyl (C=O) groups excluding carboxylic acids is 1. The average molecular weight is 478 g/mol. The number of amides is 1. The van der Waals surface area contributed by atoms with Crippen molar-refractivity contribution in [2.45, 2.75) is 43.7 Å². The molecule has 3 aromatic heterocycles. The monoisotopic (exact) mass is 477 g/mol. The number of aryl methyl sites for hydroxylation is 1. The standard InChI is InChI=1S/C28H27N7O/c1-17(28(30)36)18-3-5-23(6-4-18)35-24-7-8-25(35)10-19(9-24)26-11-20(22-14-31-33(2)15-22)16-34-27(26)21(12-29)13-32-34/h3-6,11,13-16,19,24-25H,1,7-10H2,2H3,(H2,30,36). The zero-order valence-electron chi connectivity index (χ0n) is 20.1. The maximum Gasteiger partial charge on any atom is 0.248 e. The van der Waals surface area contributed by atoms with E-state index in [9.17, 15) is 10.1 Å². The fraction of sp³-hybridized carbons (Fsp3) is 0.286. The SMILES string of the molecule is C=C(C(N)=O)c1ccc(N2C3CCC2CC(c2cc(-c4cnn(C)c4)cn4ncc(C#N)c24)C3)cc1. The van der Waals surface area contributed by atoms with Gasteiger partial charge in [-0.15, -0.1) is 0 Å². The van der Waals surface area contributed by atoms with E-state index >= 15 is 0 Å². The molecule has 2 aliphatic heterocycles. The van der Waals surface area contributed by atoms with E-state index in [4.69, 9.17) is 5.73 Å². The number of hydrogen-bond acceptors (Lipinski definition) is 5. The summed E-state index contributed by atoms with van der Waals surface area (Å²) >= 11 is 0. The quantitative estimate of drug-likeness (QED) is 0.437. The van der Waals surface area contributed by atoms with Crippen molar-refractivity contribution in [1.29, 1.82) is 5.26 Å². The largest absolute Gasteiger partial charge is 0.366 e.